The molecule has 0 radical (unpaired) electrons. The average Bonchev–Trinajstić information content (AvgIpc) is 2.83. The van der Waals surface area contributed by atoms with E-state index in [4.69, 9.17) is 4.74 Å². The molecule has 1 saturated heterocycles. The van der Waals surface area contributed by atoms with Crippen LogP contribution in [-0.2, 0) is 4.74 Å². The van der Waals surface area contributed by atoms with Gasteiger partial charge in [-0.3, -0.25) is 4.79 Å². The maximum atomic E-state index is 12.7. The molecule has 0 bridgehead atoms. The molecule has 1 aliphatic heterocycles. The van der Waals surface area contributed by atoms with E-state index in [0.717, 1.165) is 32.3 Å². The summed E-state index contributed by atoms with van der Waals surface area (Å²) in [6.07, 6.45) is 4.91. The molecule has 0 aliphatic carbocycles. The van der Waals surface area contributed by atoms with Crippen LogP contribution in [0.4, 0.5) is 4.39 Å². The van der Waals surface area contributed by atoms with Gasteiger partial charge in [-0.05, 0) is 49.9 Å². The minimum Gasteiger partial charge on any atom is -0.378 e. The lowest BCUT2D eigenvalue weighted by atomic mass is 10.0. The van der Waals surface area contributed by atoms with Crippen molar-refractivity contribution in [2.75, 3.05) is 6.61 Å². The van der Waals surface area contributed by atoms with Crippen molar-refractivity contribution in [3.63, 3.8) is 0 Å². The summed E-state index contributed by atoms with van der Waals surface area (Å²) in [5, 5.41) is 0. The van der Waals surface area contributed by atoms with E-state index in [9.17, 15) is 9.18 Å². The third kappa shape index (κ3) is 3.63. The molecule has 1 unspecified atom stereocenters. The number of Topliss-reactive ketones (excluding diaryl/α,β-unsaturated/α-hetero) is 1. The van der Waals surface area contributed by atoms with Gasteiger partial charge in [0.1, 0.15) is 5.82 Å². The summed E-state index contributed by atoms with van der Waals surface area (Å²) in [4.78, 5) is 11.8. The predicted molar refractivity (Wildman–Crippen MR) is 63.6 cm³/mol. The van der Waals surface area contributed by atoms with E-state index in [2.05, 4.69) is 0 Å². The summed E-state index contributed by atoms with van der Waals surface area (Å²) in [5.41, 5.74) is 0.596. The van der Waals surface area contributed by atoms with Crippen molar-refractivity contribution < 1.29 is 13.9 Å². The topological polar surface area (TPSA) is 26.3 Å². The Bertz CT molecular complexity index is 366. The lowest BCUT2D eigenvalue weighted by Crippen LogP contribution is -2.06. The Kier molecular flexibility index (Phi) is 4.26. The molecule has 1 atom stereocenters. The quantitative estimate of drug-likeness (QED) is 0.733. The van der Waals surface area contributed by atoms with E-state index in [1.54, 1.807) is 12.1 Å². The highest BCUT2D eigenvalue weighted by Gasteiger charge is 2.15. The van der Waals surface area contributed by atoms with Crippen molar-refractivity contribution in [2.45, 2.75) is 38.2 Å². The van der Waals surface area contributed by atoms with Crippen LogP contribution in [0.15, 0.2) is 24.3 Å². The maximum Gasteiger partial charge on any atom is 0.162 e. The first-order valence-corrected chi connectivity index (χ1v) is 6.16. The highest BCUT2D eigenvalue weighted by atomic mass is 19.1. The third-order valence-corrected chi connectivity index (χ3v) is 3.12. The summed E-state index contributed by atoms with van der Waals surface area (Å²) >= 11 is 0. The van der Waals surface area contributed by atoms with Crippen molar-refractivity contribution in [3.05, 3.63) is 35.6 Å². The SMILES string of the molecule is O=C(CCCC1CCCO1)c1ccc(F)cc1. The van der Waals surface area contributed by atoms with Crippen LogP contribution >= 0.6 is 0 Å². The smallest absolute Gasteiger partial charge is 0.162 e. The normalized spacial score (nSPS) is 19.5. The highest BCUT2D eigenvalue weighted by molar-refractivity contribution is 5.95. The number of rotatable bonds is 5. The minimum absolute atomic E-state index is 0.0861. The van der Waals surface area contributed by atoms with Gasteiger partial charge in [0, 0.05) is 18.6 Å². The van der Waals surface area contributed by atoms with Crippen LogP contribution in [0.5, 0.6) is 0 Å². The lowest BCUT2D eigenvalue weighted by molar-refractivity contribution is 0.0923. The van der Waals surface area contributed by atoms with Crippen LogP contribution < -0.4 is 0 Å². The summed E-state index contributed by atoms with van der Waals surface area (Å²) in [6, 6.07) is 5.74. The fourth-order valence-electron chi connectivity index (χ4n) is 2.14. The van der Waals surface area contributed by atoms with E-state index >= 15 is 0 Å². The molecule has 0 saturated carbocycles. The third-order valence-electron chi connectivity index (χ3n) is 3.12. The van der Waals surface area contributed by atoms with Crippen molar-refractivity contribution in [1.82, 2.24) is 0 Å². The summed E-state index contributed by atoms with van der Waals surface area (Å²) in [7, 11) is 0. The monoisotopic (exact) mass is 236 g/mol. The predicted octanol–water partition coefficient (Wildman–Crippen LogP) is 3.36. The number of hydrogen-bond acceptors (Lipinski definition) is 2. The Morgan fingerprint density at radius 1 is 1.35 bits per heavy atom. The first-order chi connectivity index (χ1) is 8.25. The zero-order valence-corrected chi connectivity index (χ0v) is 9.82. The number of ether oxygens (including phenoxy) is 1. The molecule has 0 amide bonds. The first kappa shape index (κ1) is 12.2. The molecule has 1 aromatic rings. The summed E-state index contributed by atoms with van der Waals surface area (Å²) in [5.74, 6) is -0.219. The molecule has 0 N–H and O–H groups in total. The molecular formula is C14H17FO2. The lowest BCUT2D eigenvalue weighted by Gasteiger charge is -2.08. The van der Waals surface area contributed by atoms with E-state index < -0.39 is 0 Å². The molecule has 17 heavy (non-hydrogen) atoms. The van der Waals surface area contributed by atoms with Gasteiger partial charge in [0.05, 0.1) is 6.10 Å². The van der Waals surface area contributed by atoms with E-state index in [0.29, 0.717) is 18.1 Å². The van der Waals surface area contributed by atoms with Gasteiger partial charge in [0.25, 0.3) is 0 Å². The van der Waals surface area contributed by atoms with Crippen molar-refractivity contribution in [2.24, 2.45) is 0 Å². The van der Waals surface area contributed by atoms with Gasteiger partial charge in [0.2, 0.25) is 0 Å². The Labute approximate surface area is 101 Å². The van der Waals surface area contributed by atoms with Gasteiger partial charge in [-0.2, -0.15) is 0 Å². The zero-order valence-electron chi connectivity index (χ0n) is 9.82. The second-order valence-corrected chi connectivity index (χ2v) is 4.46. The Morgan fingerprint density at radius 3 is 2.76 bits per heavy atom. The van der Waals surface area contributed by atoms with Crippen LogP contribution in [-0.4, -0.2) is 18.5 Å². The number of ketones is 1. The van der Waals surface area contributed by atoms with Gasteiger partial charge < -0.3 is 4.74 Å². The summed E-state index contributed by atoms with van der Waals surface area (Å²) < 4.78 is 18.2. The van der Waals surface area contributed by atoms with Crippen LogP contribution in [0.1, 0.15) is 42.5 Å². The Balaban J connectivity index is 1.75. The van der Waals surface area contributed by atoms with E-state index in [1.807, 2.05) is 0 Å². The van der Waals surface area contributed by atoms with E-state index in [-0.39, 0.29) is 11.6 Å². The van der Waals surface area contributed by atoms with Crippen LogP contribution in [0.3, 0.4) is 0 Å². The molecule has 0 spiro atoms. The van der Waals surface area contributed by atoms with Crippen molar-refractivity contribution in [1.29, 1.82) is 0 Å². The average molecular weight is 236 g/mol. The molecular weight excluding hydrogens is 219 g/mol. The van der Waals surface area contributed by atoms with Crippen LogP contribution in [0.2, 0.25) is 0 Å². The zero-order chi connectivity index (χ0) is 12.1. The number of carbonyl (C=O) groups is 1. The van der Waals surface area contributed by atoms with E-state index in [1.165, 1.54) is 12.1 Å². The number of benzene rings is 1. The van der Waals surface area contributed by atoms with Gasteiger partial charge in [-0.1, -0.05) is 0 Å². The molecule has 2 rings (SSSR count). The molecule has 2 nitrogen and oxygen atoms in total. The Morgan fingerprint density at radius 2 is 2.12 bits per heavy atom. The van der Waals surface area contributed by atoms with Gasteiger partial charge in [-0.15, -0.1) is 0 Å². The molecule has 1 aliphatic rings. The van der Waals surface area contributed by atoms with Crippen molar-refractivity contribution >= 4 is 5.78 Å². The van der Waals surface area contributed by atoms with Crippen LogP contribution in [0, 0.1) is 5.82 Å². The van der Waals surface area contributed by atoms with Gasteiger partial charge in [-0.25, -0.2) is 4.39 Å². The number of hydrogen-bond donors (Lipinski definition) is 0. The van der Waals surface area contributed by atoms with Gasteiger partial charge in [0.15, 0.2) is 5.78 Å². The molecule has 0 aromatic heterocycles. The molecule has 92 valence electrons. The fraction of sp³-hybridized carbons (Fsp3) is 0.500. The Hall–Kier alpha value is -1.22. The summed E-state index contributed by atoms with van der Waals surface area (Å²) in [6.45, 7) is 0.858. The fourth-order valence-corrected chi connectivity index (χ4v) is 2.14. The van der Waals surface area contributed by atoms with Crippen molar-refractivity contribution in [3.8, 4) is 0 Å². The maximum absolute atomic E-state index is 12.7. The molecule has 3 heteroatoms. The van der Waals surface area contributed by atoms with Gasteiger partial charge >= 0.3 is 0 Å². The van der Waals surface area contributed by atoms with Crippen LogP contribution in [0.25, 0.3) is 0 Å². The second-order valence-electron chi connectivity index (χ2n) is 4.46. The minimum atomic E-state index is -0.305. The standard InChI is InChI=1S/C14H17FO2/c15-12-8-6-11(7-9-12)14(16)5-1-3-13-4-2-10-17-13/h6-9,13H,1-5,10H2. The number of carbonyl (C=O) groups excluding carboxylic acids is 1. The number of halogens is 1. The molecule has 1 aromatic carbocycles. The molecule has 1 heterocycles. The second kappa shape index (κ2) is 5.92. The largest absolute Gasteiger partial charge is 0.378 e. The first-order valence-electron chi connectivity index (χ1n) is 6.16. The highest BCUT2D eigenvalue weighted by Crippen LogP contribution is 2.18. The molecule has 1 fully saturated rings.